The first-order valence-electron chi connectivity index (χ1n) is 7.66. The molecule has 1 rings (SSSR count). The van der Waals surface area contributed by atoms with Gasteiger partial charge in [-0.25, -0.2) is 8.42 Å². The SMILES string of the molecule is COCCNC(=O)COC(=O)C(NS(=O)(=O)c1ccc(Cl)c(Cl)c1)C(C)O. The molecule has 2 atom stereocenters. The lowest BCUT2D eigenvalue weighted by atomic mass is 10.2. The van der Waals surface area contributed by atoms with Gasteiger partial charge in [0.05, 0.1) is 27.7 Å². The van der Waals surface area contributed by atoms with E-state index in [-0.39, 0.29) is 28.1 Å². The van der Waals surface area contributed by atoms with Crippen molar-refractivity contribution in [3.8, 4) is 0 Å². The lowest BCUT2D eigenvalue weighted by Gasteiger charge is -2.20. The molecule has 152 valence electrons. The van der Waals surface area contributed by atoms with E-state index >= 15 is 0 Å². The van der Waals surface area contributed by atoms with E-state index in [0.29, 0.717) is 0 Å². The van der Waals surface area contributed by atoms with Gasteiger partial charge in [0, 0.05) is 13.7 Å². The summed E-state index contributed by atoms with van der Waals surface area (Å²) in [4.78, 5) is 23.4. The summed E-state index contributed by atoms with van der Waals surface area (Å²) in [5.74, 6) is -1.72. The van der Waals surface area contributed by atoms with Crippen molar-refractivity contribution in [1.29, 1.82) is 0 Å². The molecule has 3 N–H and O–H groups in total. The first-order chi connectivity index (χ1) is 12.6. The zero-order valence-electron chi connectivity index (χ0n) is 14.6. The quantitative estimate of drug-likeness (QED) is 0.351. The molecule has 0 radical (unpaired) electrons. The molecule has 0 bridgehead atoms. The number of methoxy groups -OCH3 is 1. The fourth-order valence-electron chi connectivity index (χ4n) is 1.79. The van der Waals surface area contributed by atoms with Gasteiger partial charge in [0.2, 0.25) is 10.0 Å². The van der Waals surface area contributed by atoms with Gasteiger partial charge in [0.1, 0.15) is 6.04 Å². The molecule has 1 aromatic carbocycles. The zero-order valence-corrected chi connectivity index (χ0v) is 16.9. The van der Waals surface area contributed by atoms with Crippen molar-refractivity contribution in [3.05, 3.63) is 28.2 Å². The van der Waals surface area contributed by atoms with Crippen LogP contribution >= 0.6 is 23.2 Å². The van der Waals surface area contributed by atoms with Gasteiger partial charge in [0.15, 0.2) is 6.61 Å². The highest BCUT2D eigenvalue weighted by atomic mass is 35.5. The largest absolute Gasteiger partial charge is 0.454 e. The van der Waals surface area contributed by atoms with E-state index in [0.717, 1.165) is 6.07 Å². The zero-order chi connectivity index (χ0) is 20.6. The first-order valence-corrected chi connectivity index (χ1v) is 9.90. The van der Waals surface area contributed by atoms with Crippen LogP contribution in [0.2, 0.25) is 10.0 Å². The maximum absolute atomic E-state index is 12.4. The Morgan fingerprint density at radius 3 is 2.48 bits per heavy atom. The second kappa shape index (κ2) is 10.8. The molecule has 0 saturated carbocycles. The minimum Gasteiger partial charge on any atom is -0.454 e. The Hall–Kier alpha value is -1.43. The minimum absolute atomic E-state index is 0.00319. The van der Waals surface area contributed by atoms with Crippen LogP contribution in [0.3, 0.4) is 0 Å². The molecule has 0 saturated heterocycles. The topological polar surface area (TPSA) is 131 Å². The summed E-state index contributed by atoms with van der Waals surface area (Å²) in [5.41, 5.74) is 0. The second-order valence-corrected chi connectivity index (χ2v) is 7.89. The molecule has 0 heterocycles. The number of hydrogen-bond donors (Lipinski definition) is 3. The number of esters is 1. The third-order valence-electron chi connectivity index (χ3n) is 3.19. The van der Waals surface area contributed by atoms with E-state index in [1.54, 1.807) is 0 Å². The summed E-state index contributed by atoms with van der Waals surface area (Å²) in [7, 11) is -2.76. The van der Waals surface area contributed by atoms with Gasteiger partial charge in [-0.2, -0.15) is 4.72 Å². The van der Waals surface area contributed by atoms with Crippen LogP contribution in [0.5, 0.6) is 0 Å². The molecule has 0 aliphatic heterocycles. The highest BCUT2D eigenvalue weighted by Gasteiger charge is 2.31. The van der Waals surface area contributed by atoms with Crippen molar-refractivity contribution < 1.29 is 32.6 Å². The molecule has 9 nitrogen and oxygen atoms in total. The number of benzene rings is 1. The number of carbonyl (C=O) groups is 2. The van der Waals surface area contributed by atoms with Gasteiger partial charge >= 0.3 is 5.97 Å². The first kappa shape index (κ1) is 23.6. The summed E-state index contributed by atoms with van der Waals surface area (Å²) in [6, 6.07) is 1.93. The third kappa shape index (κ3) is 7.60. The van der Waals surface area contributed by atoms with Crippen LogP contribution < -0.4 is 10.0 Å². The molecule has 12 heteroatoms. The molecule has 2 unspecified atom stereocenters. The van der Waals surface area contributed by atoms with E-state index in [2.05, 4.69) is 5.32 Å². The molecule has 0 fully saturated rings. The van der Waals surface area contributed by atoms with Crippen LogP contribution in [0.1, 0.15) is 6.92 Å². The molecule has 0 spiro atoms. The monoisotopic (exact) mass is 442 g/mol. The molecule has 0 aliphatic rings. The number of rotatable bonds is 10. The number of hydrogen-bond acceptors (Lipinski definition) is 7. The van der Waals surface area contributed by atoms with E-state index in [4.69, 9.17) is 32.7 Å². The number of halogens is 2. The van der Waals surface area contributed by atoms with Gasteiger partial charge in [0.25, 0.3) is 5.91 Å². The van der Waals surface area contributed by atoms with E-state index < -0.39 is 40.7 Å². The van der Waals surface area contributed by atoms with Crippen molar-refractivity contribution in [1.82, 2.24) is 10.0 Å². The highest BCUT2D eigenvalue weighted by Crippen LogP contribution is 2.25. The molecule has 0 aliphatic carbocycles. The van der Waals surface area contributed by atoms with Gasteiger partial charge in [-0.05, 0) is 25.1 Å². The maximum Gasteiger partial charge on any atom is 0.327 e. The average molecular weight is 443 g/mol. The minimum atomic E-state index is -4.22. The summed E-state index contributed by atoms with van der Waals surface area (Å²) in [5, 5.41) is 12.3. The Morgan fingerprint density at radius 1 is 1.26 bits per heavy atom. The fraction of sp³-hybridized carbons (Fsp3) is 0.467. The standard InChI is InChI=1S/C15H20Cl2N2O7S/c1-9(20)14(15(22)26-8-13(21)18-5-6-25-2)19-27(23,24)10-3-4-11(16)12(17)7-10/h3-4,7,9,14,19-20H,5-6,8H2,1-2H3,(H,18,21). The number of nitrogens with one attached hydrogen (secondary N) is 2. The Bertz CT molecular complexity index is 771. The van der Waals surface area contributed by atoms with Crippen LogP contribution in [0, 0.1) is 0 Å². The van der Waals surface area contributed by atoms with E-state index in [1.807, 2.05) is 4.72 Å². The smallest absolute Gasteiger partial charge is 0.327 e. The normalized spacial score (nSPS) is 13.7. The maximum atomic E-state index is 12.4. The molecule has 1 amide bonds. The molecule has 0 aromatic heterocycles. The van der Waals surface area contributed by atoms with E-state index in [1.165, 1.54) is 26.2 Å². The van der Waals surface area contributed by atoms with Crippen molar-refractivity contribution >= 4 is 45.1 Å². The van der Waals surface area contributed by atoms with Crippen LogP contribution in [0.25, 0.3) is 0 Å². The van der Waals surface area contributed by atoms with Crippen molar-refractivity contribution in [3.63, 3.8) is 0 Å². The number of aliphatic hydroxyl groups is 1. The Labute approximate surface area is 167 Å². The highest BCUT2D eigenvalue weighted by molar-refractivity contribution is 7.89. The predicted octanol–water partition coefficient (Wildman–Crippen LogP) is 0.327. The Kier molecular flexibility index (Phi) is 9.43. The van der Waals surface area contributed by atoms with Crippen molar-refractivity contribution in [2.45, 2.75) is 24.0 Å². The van der Waals surface area contributed by atoms with Gasteiger partial charge in [-0.15, -0.1) is 0 Å². The van der Waals surface area contributed by atoms with Crippen LogP contribution in [-0.4, -0.2) is 64.4 Å². The Morgan fingerprint density at radius 2 is 1.93 bits per heavy atom. The van der Waals surface area contributed by atoms with Crippen molar-refractivity contribution in [2.24, 2.45) is 0 Å². The van der Waals surface area contributed by atoms with Gasteiger partial charge in [-0.1, -0.05) is 23.2 Å². The summed E-state index contributed by atoms with van der Waals surface area (Å²) < 4.78 is 36.3. The average Bonchev–Trinajstić information content (AvgIpc) is 2.60. The van der Waals surface area contributed by atoms with Crippen LogP contribution in [0.15, 0.2) is 23.1 Å². The second-order valence-electron chi connectivity index (χ2n) is 5.37. The van der Waals surface area contributed by atoms with Gasteiger partial charge < -0.3 is 19.9 Å². The lowest BCUT2D eigenvalue weighted by Crippen LogP contribution is -2.49. The predicted molar refractivity (Wildman–Crippen MR) is 98.1 cm³/mol. The third-order valence-corrected chi connectivity index (χ3v) is 5.37. The van der Waals surface area contributed by atoms with E-state index in [9.17, 15) is 23.1 Å². The number of aliphatic hydroxyl groups excluding tert-OH is 1. The molecular formula is C15H20Cl2N2O7S. The lowest BCUT2D eigenvalue weighted by molar-refractivity contribution is -0.152. The molecule has 27 heavy (non-hydrogen) atoms. The summed E-state index contributed by atoms with van der Waals surface area (Å²) in [6.07, 6.45) is -1.42. The molecular weight excluding hydrogens is 423 g/mol. The van der Waals surface area contributed by atoms with Crippen LogP contribution in [-0.2, 0) is 29.1 Å². The summed E-state index contributed by atoms with van der Waals surface area (Å²) in [6.45, 7) is 1.05. The van der Waals surface area contributed by atoms with Crippen LogP contribution in [0.4, 0.5) is 0 Å². The Balaban J connectivity index is 2.78. The number of ether oxygens (including phenoxy) is 2. The number of sulfonamides is 1. The summed E-state index contributed by atoms with van der Waals surface area (Å²) >= 11 is 11.5. The fourth-order valence-corrected chi connectivity index (χ4v) is 3.44. The number of carbonyl (C=O) groups excluding carboxylic acids is 2. The number of amides is 1. The molecule has 1 aromatic rings. The van der Waals surface area contributed by atoms with Gasteiger partial charge in [-0.3, -0.25) is 9.59 Å². The van der Waals surface area contributed by atoms with Crippen molar-refractivity contribution in [2.75, 3.05) is 26.9 Å².